The molecule has 4 rings (SSSR count). The van der Waals surface area contributed by atoms with E-state index < -0.39 is 5.97 Å². The van der Waals surface area contributed by atoms with E-state index >= 15 is 0 Å². The van der Waals surface area contributed by atoms with Crippen LogP contribution < -0.4 is 10.9 Å². The van der Waals surface area contributed by atoms with Crippen molar-refractivity contribution >= 4 is 23.5 Å². The van der Waals surface area contributed by atoms with Crippen LogP contribution in [0.15, 0.2) is 35.1 Å². The molecule has 3 N–H and O–H groups in total. The van der Waals surface area contributed by atoms with E-state index in [1.165, 1.54) is 0 Å². The summed E-state index contributed by atoms with van der Waals surface area (Å²) in [5.74, 6) is -0.474. The average molecular weight is 443 g/mol. The fourth-order valence-corrected chi connectivity index (χ4v) is 4.70. The highest BCUT2D eigenvalue weighted by molar-refractivity contribution is 6.31. The Morgan fingerprint density at radius 2 is 1.97 bits per heavy atom. The summed E-state index contributed by atoms with van der Waals surface area (Å²) in [6.07, 6.45) is 5.36. The molecule has 1 amide bonds. The zero-order chi connectivity index (χ0) is 22.0. The number of benzene rings is 1. The predicted molar refractivity (Wildman–Crippen MR) is 119 cm³/mol. The number of aromatic nitrogens is 1. The second-order valence-electron chi connectivity index (χ2n) is 8.66. The van der Waals surface area contributed by atoms with Gasteiger partial charge in [0.2, 0.25) is 5.91 Å². The molecule has 1 aromatic heterocycles. The number of carbonyl (C=O) groups excluding carboxylic acids is 1. The Labute approximate surface area is 186 Å². The lowest BCUT2D eigenvalue weighted by molar-refractivity contribution is -0.137. The van der Waals surface area contributed by atoms with Gasteiger partial charge in [-0.15, -0.1) is 0 Å². The minimum Gasteiger partial charge on any atom is -0.481 e. The number of carboxylic acids is 1. The number of hydrogen-bond acceptors (Lipinski definition) is 3. The molecule has 2 heterocycles. The summed E-state index contributed by atoms with van der Waals surface area (Å²) in [4.78, 5) is 38.2. The molecule has 1 saturated carbocycles. The minimum atomic E-state index is -0.815. The Bertz CT molecular complexity index is 1040. The highest BCUT2D eigenvalue weighted by Gasteiger charge is 2.29. The van der Waals surface area contributed by atoms with E-state index in [2.05, 4.69) is 10.3 Å². The molecule has 2 aromatic rings. The fourth-order valence-electron chi connectivity index (χ4n) is 4.41. The van der Waals surface area contributed by atoms with Crippen molar-refractivity contribution in [1.82, 2.24) is 10.3 Å². The van der Waals surface area contributed by atoms with Gasteiger partial charge >= 0.3 is 5.97 Å². The molecule has 6 nitrogen and oxygen atoms in total. The van der Waals surface area contributed by atoms with Crippen molar-refractivity contribution in [3.8, 4) is 0 Å². The number of nitrogens with one attached hydrogen (secondary N) is 2. The van der Waals surface area contributed by atoms with Gasteiger partial charge in [0, 0.05) is 41.1 Å². The number of aromatic amines is 1. The van der Waals surface area contributed by atoms with Crippen molar-refractivity contribution in [3.05, 3.63) is 68.1 Å². The maximum atomic E-state index is 12.6. The third-order valence-electron chi connectivity index (χ3n) is 6.28. The highest BCUT2D eigenvalue weighted by Crippen LogP contribution is 2.39. The molecule has 1 saturated heterocycles. The molecule has 31 heavy (non-hydrogen) atoms. The van der Waals surface area contributed by atoms with Crippen LogP contribution in [-0.2, 0) is 16.0 Å². The van der Waals surface area contributed by atoms with Gasteiger partial charge < -0.3 is 15.4 Å². The first-order chi connectivity index (χ1) is 14.9. The molecule has 164 valence electrons. The monoisotopic (exact) mass is 442 g/mol. The highest BCUT2D eigenvalue weighted by atomic mass is 35.5. The summed E-state index contributed by atoms with van der Waals surface area (Å²) < 4.78 is 0. The summed E-state index contributed by atoms with van der Waals surface area (Å²) in [5, 5.41) is 12.5. The summed E-state index contributed by atoms with van der Waals surface area (Å²) in [6, 6.07) is 9.83. The van der Waals surface area contributed by atoms with Crippen LogP contribution in [0.5, 0.6) is 0 Å². The van der Waals surface area contributed by atoms with E-state index in [4.69, 9.17) is 16.7 Å². The van der Waals surface area contributed by atoms with Crippen molar-refractivity contribution in [2.45, 2.75) is 69.2 Å². The lowest BCUT2D eigenvalue weighted by atomic mass is 9.87. The van der Waals surface area contributed by atoms with E-state index in [0.717, 1.165) is 41.6 Å². The van der Waals surface area contributed by atoms with Crippen LogP contribution >= 0.6 is 11.6 Å². The number of halogens is 1. The average Bonchev–Trinajstić information content (AvgIpc) is 3.48. The Balaban J connectivity index is 1.60. The van der Waals surface area contributed by atoms with Gasteiger partial charge in [-0.1, -0.05) is 29.8 Å². The van der Waals surface area contributed by atoms with Gasteiger partial charge in [0.05, 0.1) is 0 Å². The van der Waals surface area contributed by atoms with E-state index in [0.29, 0.717) is 36.6 Å². The van der Waals surface area contributed by atoms with Crippen LogP contribution in [0.25, 0.3) is 0 Å². The number of pyridine rings is 1. The molecule has 0 radical (unpaired) electrons. The molecule has 1 aliphatic carbocycles. The molecule has 1 aliphatic heterocycles. The van der Waals surface area contributed by atoms with Crippen molar-refractivity contribution in [1.29, 1.82) is 0 Å². The van der Waals surface area contributed by atoms with Crippen LogP contribution in [0, 0.1) is 0 Å². The largest absolute Gasteiger partial charge is 0.481 e. The molecule has 2 aliphatic rings. The van der Waals surface area contributed by atoms with Gasteiger partial charge in [-0.3, -0.25) is 14.4 Å². The van der Waals surface area contributed by atoms with Crippen LogP contribution in [0.4, 0.5) is 0 Å². The van der Waals surface area contributed by atoms with Crippen LogP contribution in [0.2, 0.25) is 5.02 Å². The Hall–Kier alpha value is -2.60. The molecule has 7 heteroatoms. The smallest absolute Gasteiger partial charge is 0.303 e. The van der Waals surface area contributed by atoms with Crippen molar-refractivity contribution in [2.75, 3.05) is 0 Å². The molecular weight excluding hydrogens is 416 g/mol. The Morgan fingerprint density at radius 3 is 2.58 bits per heavy atom. The summed E-state index contributed by atoms with van der Waals surface area (Å²) in [6.45, 7) is 0. The number of hydrogen-bond donors (Lipinski definition) is 3. The number of carbonyl (C=O) groups is 2. The molecule has 2 fully saturated rings. The lowest BCUT2D eigenvalue weighted by Crippen LogP contribution is -2.28. The molecule has 0 spiro atoms. The predicted octanol–water partition coefficient (Wildman–Crippen LogP) is 4.11. The fraction of sp³-hybridized carbons (Fsp3) is 0.458. The Kier molecular flexibility index (Phi) is 6.46. The van der Waals surface area contributed by atoms with Gasteiger partial charge in [0.25, 0.3) is 5.56 Å². The quantitative estimate of drug-likeness (QED) is 0.544. The van der Waals surface area contributed by atoms with E-state index in [-0.39, 0.29) is 29.8 Å². The van der Waals surface area contributed by atoms with Crippen molar-refractivity contribution in [3.63, 3.8) is 0 Å². The number of aryl methyl sites for hydroxylation is 1. The van der Waals surface area contributed by atoms with Crippen molar-refractivity contribution < 1.29 is 14.7 Å². The Morgan fingerprint density at radius 1 is 1.16 bits per heavy atom. The molecule has 0 bridgehead atoms. The minimum absolute atomic E-state index is 0.0307. The van der Waals surface area contributed by atoms with Gasteiger partial charge in [0.1, 0.15) is 0 Å². The second-order valence-corrected chi connectivity index (χ2v) is 9.07. The van der Waals surface area contributed by atoms with Crippen LogP contribution in [-0.4, -0.2) is 28.0 Å². The molecular formula is C24H27ClN2O4. The maximum Gasteiger partial charge on any atom is 0.303 e. The van der Waals surface area contributed by atoms with E-state index in [1.807, 2.05) is 30.3 Å². The molecule has 2 atom stereocenters. The normalized spacial score (nSPS) is 19.3. The van der Waals surface area contributed by atoms with E-state index in [1.54, 1.807) is 0 Å². The summed E-state index contributed by atoms with van der Waals surface area (Å²) >= 11 is 6.53. The molecule has 1 unspecified atom stereocenters. The third-order valence-corrected chi connectivity index (χ3v) is 6.63. The topological polar surface area (TPSA) is 99.3 Å². The zero-order valence-corrected chi connectivity index (χ0v) is 18.1. The van der Waals surface area contributed by atoms with Gasteiger partial charge in [-0.25, -0.2) is 0 Å². The third kappa shape index (κ3) is 5.37. The number of amides is 1. The van der Waals surface area contributed by atoms with E-state index in [9.17, 15) is 14.4 Å². The number of H-pyrrole nitrogens is 1. The van der Waals surface area contributed by atoms with Crippen LogP contribution in [0.3, 0.4) is 0 Å². The number of rotatable bonds is 9. The summed E-state index contributed by atoms with van der Waals surface area (Å²) in [7, 11) is 0. The van der Waals surface area contributed by atoms with Gasteiger partial charge in [0.15, 0.2) is 0 Å². The SMILES string of the molecule is O=C(O)CCCc1ccc(C(C[C@H]2CCC(=O)N2)c2ccc(C3CC3)c(=O)[nH]2)cc1Cl. The number of aliphatic carboxylic acids is 1. The molecule has 1 aromatic carbocycles. The maximum absolute atomic E-state index is 12.6. The first-order valence-corrected chi connectivity index (χ1v) is 11.3. The summed E-state index contributed by atoms with van der Waals surface area (Å²) in [5.41, 5.74) is 3.53. The number of carboxylic acid groups (broad SMARTS) is 1. The first kappa shape index (κ1) is 21.6. The zero-order valence-electron chi connectivity index (χ0n) is 17.3. The standard InChI is InChI=1S/C24H27ClN2O4/c25-20-12-16(7-6-15(20)2-1-3-23(29)30)19(13-17-8-11-22(28)26-17)21-10-9-18(14-4-5-14)24(31)27-21/h6-7,9-10,12,14,17,19H,1-5,8,11,13H2,(H,26,28)(H,27,31)(H,29,30)/t17-,19?/m1/s1. The van der Waals surface area contributed by atoms with Gasteiger partial charge in [-0.05, 0) is 67.7 Å². The van der Waals surface area contributed by atoms with Crippen molar-refractivity contribution in [2.24, 2.45) is 0 Å². The first-order valence-electron chi connectivity index (χ1n) is 10.9. The lowest BCUT2D eigenvalue weighted by Gasteiger charge is -2.22. The second kappa shape index (κ2) is 9.27. The van der Waals surface area contributed by atoms with Gasteiger partial charge in [-0.2, -0.15) is 0 Å². The van der Waals surface area contributed by atoms with Crippen LogP contribution in [0.1, 0.15) is 79.2 Å².